The van der Waals surface area contributed by atoms with Gasteiger partial charge in [0.1, 0.15) is 5.60 Å². The highest BCUT2D eigenvalue weighted by Gasteiger charge is 2.51. The summed E-state index contributed by atoms with van der Waals surface area (Å²) in [5.41, 5.74) is -0.664. The van der Waals surface area contributed by atoms with Crippen molar-refractivity contribution in [2.75, 3.05) is 0 Å². The quantitative estimate of drug-likeness (QED) is 0.718. The number of aliphatic hydroxyl groups excluding tert-OH is 1. The maximum Gasteiger partial charge on any atom is 0.408 e. The fraction of sp³-hybridized carbons (Fsp3) is 0.917. The summed E-state index contributed by atoms with van der Waals surface area (Å²) in [5.74, 6) is 0.370. The van der Waals surface area contributed by atoms with Gasteiger partial charge in [-0.3, -0.25) is 0 Å². The van der Waals surface area contributed by atoms with Crippen LogP contribution in [0.2, 0.25) is 0 Å². The Morgan fingerprint density at radius 3 is 2.56 bits per heavy atom. The number of rotatable bonds is 1. The Balaban J connectivity index is 1.93. The highest BCUT2D eigenvalue weighted by atomic mass is 16.6. The van der Waals surface area contributed by atoms with Gasteiger partial charge in [0.05, 0.1) is 6.10 Å². The largest absolute Gasteiger partial charge is 0.444 e. The number of amides is 1. The van der Waals surface area contributed by atoms with Crippen molar-refractivity contribution in [3.05, 3.63) is 0 Å². The molecular formula is C12H21NO3. The number of hydrogen-bond acceptors (Lipinski definition) is 3. The molecule has 0 saturated heterocycles. The van der Waals surface area contributed by atoms with Gasteiger partial charge in [-0.1, -0.05) is 0 Å². The first kappa shape index (κ1) is 11.7. The first-order valence-corrected chi connectivity index (χ1v) is 5.99. The number of carbonyl (C=O) groups is 1. The molecule has 0 heterocycles. The average molecular weight is 227 g/mol. The summed E-state index contributed by atoms with van der Waals surface area (Å²) in [6, 6.07) is 0. The number of aliphatic hydroxyl groups is 1. The lowest BCUT2D eigenvalue weighted by atomic mass is 9.92. The molecule has 0 aromatic rings. The highest BCUT2D eigenvalue weighted by molar-refractivity contribution is 5.69. The summed E-state index contributed by atoms with van der Waals surface area (Å²) >= 11 is 0. The van der Waals surface area contributed by atoms with E-state index in [0.29, 0.717) is 12.3 Å². The summed E-state index contributed by atoms with van der Waals surface area (Å²) < 4.78 is 5.25. The SMILES string of the molecule is CC(C)(C)OC(=O)NC12CCC(C1)C(O)C2. The van der Waals surface area contributed by atoms with E-state index in [9.17, 15) is 9.90 Å². The summed E-state index contributed by atoms with van der Waals surface area (Å²) in [4.78, 5) is 11.7. The molecule has 2 aliphatic rings. The van der Waals surface area contributed by atoms with Gasteiger partial charge in [0.15, 0.2) is 0 Å². The maximum atomic E-state index is 11.7. The number of fused-ring (bicyclic) bond motifs is 2. The van der Waals surface area contributed by atoms with E-state index in [1.165, 1.54) is 0 Å². The minimum Gasteiger partial charge on any atom is -0.444 e. The Morgan fingerprint density at radius 2 is 2.12 bits per heavy atom. The van der Waals surface area contributed by atoms with Gasteiger partial charge in [0.25, 0.3) is 0 Å². The zero-order valence-corrected chi connectivity index (χ0v) is 10.2. The summed E-state index contributed by atoms with van der Waals surface area (Å²) in [6.07, 6.45) is 2.95. The van der Waals surface area contributed by atoms with E-state index >= 15 is 0 Å². The van der Waals surface area contributed by atoms with Gasteiger partial charge in [0.2, 0.25) is 0 Å². The van der Waals surface area contributed by atoms with E-state index in [4.69, 9.17) is 4.74 Å². The van der Waals surface area contributed by atoms with E-state index in [1.807, 2.05) is 20.8 Å². The number of ether oxygens (including phenoxy) is 1. The van der Waals surface area contributed by atoms with Crippen LogP contribution < -0.4 is 5.32 Å². The summed E-state index contributed by atoms with van der Waals surface area (Å²) in [5, 5.41) is 12.7. The number of carbonyl (C=O) groups excluding carboxylic acids is 1. The molecular weight excluding hydrogens is 206 g/mol. The summed E-state index contributed by atoms with van der Waals surface area (Å²) in [7, 11) is 0. The van der Waals surface area contributed by atoms with Crippen molar-refractivity contribution in [3.8, 4) is 0 Å². The van der Waals surface area contributed by atoms with E-state index < -0.39 is 5.60 Å². The fourth-order valence-corrected chi connectivity index (χ4v) is 2.93. The molecule has 16 heavy (non-hydrogen) atoms. The smallest absolute Gasteiger partial charge is 0.408 e. The topological polar surface area (TPSA) is 58.6 Å². The van der Waals surface area contributed by atoms with Gasteiger partial charge in [-0.25, -0.2) is 4.79 Å². The van der Waals surface area contributed by atoms with Gasteiger partial charge in [-0.2, -0.15) is 0 Å². The molecule has 2 bridgehead atoms. The molecule has 2 saturated carbocycles. The Bertz CT molecular complexity index is 293. The zero-order chi connectivity index (χ0) is 12.0. The van der Waals surface area contributed by atoms with Crippen LogP contribution in [0.4, 0.5) is 4.79 Å². The Kier molecular flexibility index (Phi) is 2.65. The predicted molar refractivity (Wildman–Crippen MR) is 60.1 cm³/mol. The maximum absolute atomic E-state index is 11.7. The molecule has 0 aliphatic heterocycles. The standard InChI is InChI=1S/C12H21NO3/c1-11(2,3)16-10(15)13-12-5-4-8(6-12)9(14)7-12/h8-9,14H,4-7H2,1-3H3,(H,13,15). The van der Waals surface area contributed by atoms with Gasteiger partial charge in [0, 0.05) is 5.54 Å². The lowest BCUT2D eigenvalue weighted by molar-refractivity contribution is 0.0429. The molecule has 2 fully saturated rings. The van der Waals surface area contributed by atoms with Crippen LogP contribution >= 0.6 is 0 Å². The molecule has 0 aromatic heterocycles. The van der Waals surface area contributed by atoms with E-state index in [0.717, 1.165) is 19.3 Å². The van der Waals surface area contributed by atoms with E-state index in [-0.39, 0.29) is 17.7 Å². The van der Waals surface area contributed by atoms with Crippen LogP contribution in [0, 0.1) is 5.92 Å². The second-order valence-electron chi connectivity index (χ2n) is 6.18. The van der Waals surface area contributed by atoms with Gasteiger partial charge >= 0.3 is 6.09 Å². The van der Waals surface area contributed by atoms with Crippen LogP contribution in [-0.4, -0.2) is 28.4 Å². The molecule has 0 aromatic carbocycles. The van der Waals surface area contributed by atoms with Gasteiger partial charge in [-0.15, -0.1) is 0 Å². The first-order valence-electron chi connectivity index (χ1n) is 5.99. The second kappa shape index (κ2) is 3.62. The van der Waals surface area contributed by atoms with Crippen molar-refractivity contribution in [2.45, 2.75) is 63.7 Å². The molecule has 3 unspecified atom stereocenters. The highest BCUT2D eigenvalue weighted by Crippen LogP contribution is 2.47. The molecule has 92 valence electrons. The number of nitrogens with one attached hydrogen (secondary N) is 1. The number of alkyl carbamates (subject to hydrolysis) is 1. The second-order valence-corrected chi connectivity index (χ2v) is 6.18. The Morgan fingerprint density at radius 1 is 1.44 bits per heavy atom. The van der Waals surface area contributed by atoms with Crippen molar-refractivity contribution in [2.24, 2.45) is 5.92 Å². The Labute approximate surface area is 96.4 Å². The van der Waals surface area contributed by atoms with Crippen LogP contribution in [0.25, 0.3) is 0 Å². The van der Waals surface area contributed by atoms with Crippen molar-refractivity contribution < 1.29 is 14.6 Å². The average Bonchev–Trinajstić information content (AvgIpc) is 2.55. The first-order chi connectivity index (χ1) is 7.30. The van der Waals surface area contributed by atoms with Crippen molar-refractivity contribution in [1.29, 1.82) is 0 Å². The minimum atomic E-state index is -0.462. The van der Waals surface area contributed by atoms with Crippen LogP contribution in [0.5, 0.6) is 0 Å². The van der Waals surface area contributed by atoms with Crippen molar-refractivity contribution in [1.82, 2.24) is 5.32 Å². The molecule has 4 nitrogen and oxygen atoms in total. The molecule has 1 amide bonds. The third-order valence-corrected chi connectivity index (χ3v) is 3.56. The summed E-state index contributed by atoms with van der Waals surface area (Å²) in [6.45, 7) is 5.56. The predicted octanol–water partition coefficient (Wildman–Crippen LogP) is 1.81. The van der Waals surface area contributed by atoms with Crippen molar-refractivity contribution >= 4 is 6.09 Å². The third kappa shape index (κ3) is 2.32. The molecule has 4 heteroatoms. The molecule has 2 N–H and O–H groups in total. The van der Waals surface area contributed by atoms with Gasteiger partial charge in [-0.05, 0) is 52.4 Å². The van der Waals surface area contributed by atoms with Crippen molar-refractivity contribution in [3.63, 3.8) is 0 Å². The fourth-order valence-electron chi connectivity index (χ4n) is 2.93. The van der Waals surface area contributed by atoms with Crippen LogP contribution in [0.3, 0.4) is 0 Å². The Hall–Kier alpha value is -0.770. The minimum absolute atomic E-state index is 0.202. The van der Waals surface area contributed by atoms with E-state index in [2.05, 4.69) is 5.32 Å². The van der Waals surface area contributed by atoms with Gasteiger partial charge < -0.3 is 15.2 Å². The zero-order valence-electron chi connectivity index (χ0n) is 10.2. The van der Waals surface area contributed by atoms with Crippen LogP contribution in [0.15, 0.2) is 0 Å². The molecule has 0 radical (unpaired) electrons. The monoisotopic (exact) mass is 227 g/mol. The number of hydrogen-bond donors (Lipinski definition) is 2. The molecule has 2 rings (SSSR count). The van der Waals surface area contributed by atoms with E-state index in [1.54, 1.807) is 0 Å². The molecule has 3 atom stereocenters. The lowest BCUT2D eigenvalue weighted by Gasteiger charge is -2.30. The lowest BCUT2D eigenvalue weighted by Crippen LogP contribution is -2.48. The molecule has 0 spiro atoms. The third-order valence-electron chi connectivity index (χ3n) is 3.56. The van der Waals surface area contributed by atoms with Crippen LogP contribution in [-0.2, 0) is 4.74 Å². The normalized spacial score (nSPS) is 37.5. The van der Waals surface area contributed by atoms with Crippen LogP contribution in [0.1, 0.15) is 46.5 Å². The molecule has 2 aliphatic carbocycles.